The fourth-order valence-corrected chi connectivity index (χ4v) is 0.357. The Morgan fingerprint density at radius 2 is 1.87 bits per heavy atom. The molecule has 0 aromatic heterocycles. The number of hydrogen-bond acceptors (Lipinski definition) is 3. The lowest BCUT2D eigenvalue weighted by molar-refractivity contribution is -0.135. The Labute approximate surface area is 83.3 Å². The molecule has 3 N–H and O–H groups in total. The average molecular weight is 229 g/mol. The van der Waals surface area contributed by atoms with Crippen LogP contribution in [0.2, 0.25) is 0 Å². The van der Waals surface area contributed by atoms with Crippen LogP contribution in [0.15, 0.2) is 12.2 Å². The van der Waals surface area contributed by atoms with Gasteiger partial charge in [-0.15, -0.1) is 0 Å². The average Bonchev–Trinajstić information content (AvgIpc) is 2.00. The third-order valence-corrected chi connectivity index (χ3v) is 0.804. The number of hydrogen-bond donors (Lipinski definition) is 2. The Morgan fingerprint density at radius 1 is 1.47 bits per heavy atom. The molecular formula is C7H10F3NO4. The Hall–Kier alpha value is -1.73. The monoisotopic (exact) mass is 229 g/mol. The number of carboxylic acid groups (broad SMARTS) is 1. The topological polar surface area (TPSA) is 89.6 Å². The van der Waals surface area contributed by atoms with Gasteiger partial charge in [0, 0.05) is 6.08 Å². The summed E-state index contributed by atoms with van der Waals surface area (Å²) in [5, 5.41) is 7.19. The minimum atomic E-state index is -4.26. The third kappa shape index (κ3) is 24.5. The van der Waals surface area contributed by atoms with E-state index in [-0.39, 0.29) is 0 Å². The van der Waals surface area contributed by atoms with Crippen molar-refractivity contribution in [1.82, 2.24) is 0 Å². The van der Waals surface area contributed by atoms with Gasteiger partial charge in [-0.05, 0) is 0 Å². The van der Waals surface area contributed by atoms with Crippen molar-refractivity contribution in [3.8, 4) is 0 Å². The number of alkyl halides is 3. The second-order valence-corrected chi connectivity index (χ2v) is 2.08. The van der Waals surface area contributed by atoms with Crippen molar-refractivity contribution >= 4 is 12.1 Å². The maximum absolute atomic E-state index is 11.4. The summed E-state index contributed by atoms with van der Waals surface area (Å²) in [7, 11) is 1.10. The molecule has 0 atom stereocenters. The molecule has 0 aliphatic carbocycles. The molecule has 8 heteroatoms. The van der Waals surface area contributed by atoms with Crippen molar-refractivity contribution < 1.29 is 32.6 Å². The molecule has 0 rings (SSSR count). The number of halogens is 3. The summed E-state index contributed by atoms with van der Waals surface area (Å²) in [5.74, 6) is -0.783. The zero-order valence-electron chi connectivity index (χ0n) is 7.75. The van der Waals surface area contributed by atoms with E-state index < -0.39 is 24.7 Å². The van der Waals surface area contributed by atoms with Crippen molar-refractivity contribution in [1.29, 1.82) is 0 Å². The van der Waals surface area contributed by atoms with Crippen LogP contribution >= 0.6 is 0 Å². The molecular weight excluding hydrogens is 219 g/mol. The highest BCUT2D eigenvalue weighted by Gasteiger charge is 2.24. The number of esters is 1. The summed E-state index contributed by atoms with van der Waals surface area (Å²) >= 11 is 0. The van der Waals surface area contributed by atoms with E-state index in [4.69, 9.17) is 9.90 Å². The number of carbonyl (C=O) groups is 2. The van der Waals surface area contributed by atoms with Crippen molar-refractivity contribution in [2.24, 2.45) is 5.73 Å². The normalized spacial score (nSPS) is 10.4. The number of primary amides is 1. The molecule has 0 saturated carbocycles. The molecule has 0 fully saturated rings. The summed E-state index contributed by atoms with van der Waals surface area (Å²) < 4.78 is 38.3. The zero-order chi connectivity index (χ0) is 12.5. The van der Waals surface area contributed by atoms with Crippen LogP contribution in [0.25, 0.3) is 0 Å². The first-order valence-corrected chi connectivity index (χ1v) is 3.48. The van der Waals surface area contributed by atoms with Crippen molar-refractivity contribution in [2.75, 3.05) is 7.11 Å². The molecule has 0 bridgehead atoms. The number of carbonyl (C=O) groups excluding carboxylic acids is 1. The molecule has 1 amide bonds. The van der Waals surface area contributed by atoms with Crippen molar-refractivity contribution in [2.45, 2.75) is 12.6 Å². The largest absolute Gasteiger partial charge is 0.466 e. The molecule has 0 aromatic carbocycles. The van der Waals surface area contributed by atoms with Crippen LogP contribution in [0, 0.1) is 0 Å². The molecule has 15 heavy (non-hydrogen) atoms. The quantitative estimate of drug-likeness (QED) is 0.551. The zero-order valence-corrected chi connectivity index (χ0v) is 7.75. The predicted molar refractivity (Wildman–Crippen MR) is 44.0 cm³/mol. The molecule has 0 saturated heterocycles. The second-order valence-electron chi connectivity index (χ2n) is 2.08. The van der Waals surface area contributed by atoms with E-state index in [0.29, 0.717) is 6.08 Å². The van der Waals surface area contributed by atoms with Crippen LogP contribution in [0.3, 0.4) is 0 Å². The highest BCUT2D eigenvalue weighted by molar-refractivity contribution is 5.81. The standard InChI is InChI=1S/C6H7F3O2.CH3NO2/c1-11-5(10)3-2-4-6(7,8)9;2-1(3)4/h2-3H,4H2,1H3;2H2,(H,3,4)/b3-2+;. The van der Waals surface area contributed by atoms with E-state index in [1.54, 1.807) is 0 Å². The number of ether oxygens (including phenoxy) is 1. The van der Waals surface area contributed by atoms with Gasteiger partial charge in [-0.25, -0.2) is 9.59 Å². The first kappa shape index (κ1) is 15.7. The minimum absolute atomic E-state index is 0.714. The maximum atomic E-state index is 11.4. The second kappa shape index (κ2) is 7.65. The van der Waals surface area contributed by atoms with Crippen LogP contribution in [0.4, 0.5) is 18.0 Å². The van der Waals surface area contributed by atoms with Crippen LogP contribution in [0.1, 0.15) is 6.42 Å². The predicted octanol–water partition coefficient (Wildman–Crippen LogP) is 1.29. The van der Waals surface area contributed by atoms with Gasteiger partial charge in [0.1, 0.15) is 0 Å². The van der Waals surface area contributed by atoms with E-state index in [1.807, 2.05) is 0 Å². The molecule has 0 aliphatic heterocycles. The molecule has 0 heterocycles. The van der Waals surface area contributed by atoms with Gasteiger partial charge in [-0.3, -0.25) is 0 Å². The highest BCUT2D eigenvalue weighted by atomic mass is 19.4. The van der Waals surface area contributed by atoms with Gasteiger partial charge in [0.2, 0.25) is 0 Å². The SMILES string of the molecule is COC(=O)/C=C/CC(F)(F)F.NC(=O)O. The number of methoxy groups -OCH3 is 1. The molecule has 5 nitrogen and oxygen atoms in total. The lowest BCUT2D eigenvalue weighted by atomic mass is 10.4. The van der Waals surface area contributed by atoms with Gasteiger partial charge < -0.3 is 15.6 Å². The molecule has 0 radical (unpaired) electrons. The number of rotatable bonds is 2. The van der Waals surface area contributed by atoms with Crippen LogP contribution in [-0.2, 0) is 9.53 Å². The van der Waals surface area contributed by atoms with Crippen LogP contribution in [-0.4, -0.2) is 30.5 Å². The lowest BCUT2D eigenvalue weighted by Crippen LogP contribution is -2.05. The van der Waals surface area contributed by atoms with Gasteiger partial charge in [0.15, 0.2) is 0 Å². The van der Waals surface area contributed by atoms with Crippen molar-refractivity contribution in [3.05, 3.63) is 12.2 Å². The summed E-state index contributed by atoms with van der Waals surface area (Å²) in [6, 6.07) is 0. The van der Waals surface area contributed by atoms with Gasteiger partial charge in [-0.2, -0.15) is 13.2 Å². The fourth-order valence-electron chi connectivity index (χ4n) is 0.357. The van der Waals surface area contributed by atoms with Crippen LogP contribution < -0.4 is 5.73 Å². The smallest absolute Gasteiger partial charge is 0.402 e. The molecule has 88 valence electrons. The summed E-state index contributed by atoms with van der Waals surface area (Å²) in [5.41, 5.74) is 4.03. The Bertz CT molecular complexity index is 233. The van der Waals surface area contributed by atoms with E-state index in [1.165, 1.54) is 0 Å². The summed E-state index contributed by atoms with van der Waals surface area (Å²) in [6.07, 6.45) is -5.24. The molecule has 0 aliphatic rings. The summed E-state index contributed by atoms with van der Waals surface area (Å²) in [6.45, 7) is 0. The van der Waals surface area contributed by atoms with E-state index in [9.17, 15) is 18.0 Å². The van der Waals surface area contributed by atoms with Crippen LogP contribution in [0.5, 0.6) is 0 Å². The van der Waals surface area contributed by atoms with Gasteiger partial charge in [-0.1, -0.05) is 6.08 Å². The molecule has 0 unspecified atom stereocenters. The Balaban J connectivity index is 0. The highest BCUT2D eigenvalue weighted by Crippen LogP contribution is 2.19. The number of nitrogens with two attached hydrogens (primary N) is 1. The van der Waals surface area contributed by atoms with E-state index in [2.05, 4.69) is 10.5 Å². The van der Waals surface area contributed by atoms with E-state index in [0.717, 1.165) is 13.2 Å². The third-order valence-electron chi connectivity index (χ3n) is 0.804. The van der Waals surface area contributed by atoms with Gasteiger partial charge >= 0.3 is 18.2 Å². The fraction of sp³-hybridized carbons (Fsp3) is 0.429. The number of allylic oxidation sites excluding steroid dienone is 1. The van der Waals surface area contributed by atoms with Gasteiger partial charge in [0.05, 0.1) is 13.5 Å². The van der Waals surface area contributed by atoms with Crippen molar-refractivity contribution in [3.63, 3.8) is 0 Å². The maximum Gasteiger partial charge on any atom is 0.402 e. The summed E-state index contributed by atoms with van der Waals surface area (Å²) in [4.78, 5) is 19.0. The minimum Gasteiger partial charge on any atom is -0.466 e. The van der Waals surface area contributed by atoms with Gasteiger partial charge in [0.25, 0.3) is 0 Å². The lowest BCUT2D eigenvalue weighted by Gasteiger charge is -1.99. The first-order chi connectivity index (χ1) is 6.69. The molecule has 0 spiro atoms. The Morgan fingerprint density at radius 3 is 2.13 bits per heavy atom. The number of amides is 1. The first-order valence-electron chi connectivity index (χ1n) is 3.48. The Kier molecular flexibility index (Phi) is 8.03. The van der Waals surface area contributed by atoms with E-state index >= 15 is 0 Å². The molecule has 0 aromatic rings.